The van der Waals surface area contributed by atoms with Gasteiger partial charge >= 0.3 is 5.97 Å². The lowest BCUT2D eigenvalue weighted by Gasteiger charge is -2.19. The van der Waals surface area contributed by atoms with Crippen LogP contribution in [-0.2, 0) is 22.7 Å². The number of nitrogens with zero attached hydrogens (tertiary/aromatic N) is 1. The van der Waals surface area contributed by atoms with Crippen molar-refractivity contribution in [3.05, 3.63) is 47.5 Å². The molecule has 0 bridgehead atoms. The Hall–Kier alpha value is -2.14. The van der Waals surface area contributed by atoms with Gasteiger partial charge in [0.2, 0.25) is 0 Å². The fraction of sp³-hybridized carbons (Fsp3) is 0.286. The Balaban J connectivity index is 2.21. The van der Waals surface area contributed by atoms with E-state index in [-0.39, 0.29) is 19.0 Å². The molecule has 0 fully saturated rings. The zero-order chi connectivity index (χ0) is 13.8. The Morgan fingerprint density at radius 1 is 1.37 bits per heavy atom. The summed E-state index contributed by atoms with van der Waals surface area (Å²) in [4.78, 5) is 24.2. The van der Waals surface area contributed by atoms with Crippen molar-refractivity contribution in [1.82, 2.24) is 4.90 Å². The highest BCUT2D eigenvalue weighted by Gasteiger charge is 2.19. The predicted molar refractivity (Wildman–Crippen MR) is 68.7 cm³/mol. The van der Waals surface area contributed by atoms with Crippen molar-refractivity contribution in [1.29, 1.82) is 0 Å². The number of carboxylic acids is 1. The van der Waals surface area contributed by atoms with Crippen LogP contribution in [0.1, 0.15) is 21.5 Å². The lowest BCUT2D eigenvalue weighted by molar-refractivity contribution is -0.137. The second kappa shape index (κ2) is 5.67. The van der Waals surface area contributed by atoms with Crippen LogP contribution in [0.3, 0.4) is 0 Å². The first-order valence-corrected chi connectivity index (χ1v) is 5.93. The summed E-state index contributed by atoms with van der Waals surface area (Å²) < 4.78 is 5.29. The van der Waals surface area contributed by atoms with E-state index >= 15 is 0 Å². The third-order valence-electron chi connectivity index (χ3n) is 2.93. The van der Waals surface area contributed by atoms with Gasteiger partial charge < -0.3 is 14.7 Å². The van der Waals surface area contributed by atoms with Crippen LogP contribution in [0.25, 0.3) is 0 Å². The van der Waals surface area contributed by atoms with E-state index in [1.165, 1.54) is 11.0 Å². The molecule has 5 heteroatoms. The first-order valence-electron chi connectivity index (χ1n) is 5.93. The number of fused-ring (bicyclic) bond motifs is 1. The Bertz CT molecular complexity index is 524. The second-order valence-electron chi connectivity index (χ2n) is 4.34. The van der Waals surface area contributed by atoms with Crippen molar-refractivity contribution in [2.45, 2.75) is 13.2 Å². The summed E-state index contributed by atoms with van der Waals surface area (Å²) in [6.45, 7) is 4.47. The number of benzene rings is 1. The molecule has 1 amide bonds. The zero-order valence-electron chi connectivity index (χ0n) is 10.5. The number of carbonyl (C=O) groups is 2. The van der Waals surface area contributed by atoms with Gasteiger partial charge in [-0.3, -0.25) is 9.59 Å². The Morgan fingerprint density at radius 3 is 2.79 bits per heavy atom. The molecule has 0 atom stereocenters. The standard InChI is InChI=1S/C14H15NO4/c1-2-5-15(7-13(16)17)14(18)10-3-4-11-8-19-9-12(11)6-10/h2-4,6H,1,5,7-9H2,(H,16,17). The van der Waals surface area contributed by atoms with Gasteiger partial charge in [0.15, 0.2) is 0 Å². The highest BCUT2D eigenvalue weighted by atomic mass is 16.5. The van der Waals surface area contributed by atoms with Gasteiger partial charge in [-0.15, -0.1) is 6.58 Å². The highest BCUT2D eigenvalue weighted by Crippen LogP contribution is 2.21. The molecule has 2 rings (SSSR count). The summed E-state index contributed by atoms with van der Waals surface area (Å²) in [6.07, 6.45) is 1.51. The molecular formula is C14H15NO4. The molecule has 0 aromatic heterocycles. The fourth-order valence-electron chi connectivity index (χ4n) is 2.03. The van der Waals surface area contributed by atoms with Crippen LogP contribution in [0.4, 0.5) is 0 Å². The van der Waals surface area contributed by atoms with Gasteiger partial charge in [-0.25, -0.2) is 0 Å². The Labute approximate surface area is 111 Å². The molecule has 19 heavy (non-hydrogen) atoms. The topological polar surface area (TPSA) is 66.8 Å². The first kappa shape index (κ1) is 13.3. The minimum atomic E-state index is -1.04. The monoisotopic (exact) mass is 261 g/mol. The van der Waals surface area contributed by atoms with Crippen LogP contribution in [0.15, 0.2) is 30.9 Å². The summed E-state index contributed by atoms with van der Waals surface area (Å²) in [7, 11) is 0. The number of carbonyl (C=O) groups excluding carboxylic acids is 1. The summed E-state index contributed by atoms with van der Waals surface area (Å²) in [6, 6.07) is 5.32. The molecule has 0 unspecified atom stereocenters. The minimum Gasteiger partial charge on any atom is -0.480 e. The number of amides is 1. The van der Waals surface area contributed by atoms with Crippen molar-refractivity contribution >= 4 is 11.9 Å². The van der Waals surface area contributed by atoms with Crippen LogP contribution in [0, 0.1) is 0 Å². The van der Waals surface area contributed by atoms with E-state index in [0.717, 1.165) is 11.1 Å². The van der Waals surface area contributed by atoms with Crippen LogP contribution in [0.5, 0.6) is 0 Å². The molecule has 1 N–H and O–H groups in total. The van der Waals surface area contributed by atoms with Crippen LogP contribution in [-0.4, -0.2) is 35.0 Å². The average Bonchev–Trinajstić information content (AvgIpc) is 2.84. The van der Waals surface area contributed by atoms with E-state index in [9.17, 15) is 9.59 Å². The van der Waals surface area contributed by atoms with E-state index in [0.29, 0.717) is 18.8 Å². The normalized spacial score (nSPS) is 12.8. The maximum absolute atomic E-state index is 12.2. The molecule has 0 radical (unpaired) electrons. The molecule has 1 aromatic rings. The van der Waals surface area contributed by atoms with Crippen molar-refractivity contribution in [2.75, 3.05) is 13.1 Å². The van der Waals surface area contributed by atoms with Gasteiger partial charge in [-0.2, -0.15) is 0 Å². The molecule has 1 heterocycles. The molecule has 0 saturated carbocycles. The van der Waals surface area contributed by atoms with Crippen LogP contribution in [0.2, 0.25) is 0 Å². The Kier molecular flexibility index (Phi) is 3.97. The summed E-state index contributed by atoms with van der Waals surface area (Å²) >= 11 is 0. The van der Waals surface area contributed by atoms with E-state index in [2.05, 4.69) is 6.58 Å². The highest BCUT2D eigenvalue weighted by molar-refractivity contribution is 5.96. The molecule has 1 aromatic carbocycles. The summed E-state index contributed by atoms with van der Waals surface area (Å²) in [5, 5.41) is 8.81. The zero-order valence-corrected chi connectivity index (χ0v) is 10.5. The number of ether oxygens (including phenoxy) is 1. The molecule has 0 spiro atoms. The number of hydrogen-bond acceptors (Lipinski definition) is 3. The Morgan fingerprint density at radius 2 is 2.11 bits per heavy atom. The van der Waals surface area contributed by atoms with Gasteiger partial charge in [-0.1, -0.05) is 12.1 Å². The third-order valence-corrected chi connectivity index (χ3v) is 2.93. The number of carboxylic acid groups (broad SMARTS) is 1. The van der Waals surface area contributed by atoms with Gasteiger partial charge in [0, 0.05) is 12.1 Å². The van der Waals surface area contributed by atoms with Gasteiger partial charge in [0.25, 0.3) is 5.91 Å². The molecule has 1 aliphatic rings. The van der Waals surface area contributed by atoms with Crippen LogP contribution >= 0.6 is 0 Å². The first-order chi connectivity index (χ1) is 9.11. The largest absolute Gasteiger partial charge is 0.480 e. The smallest absolute Gasteiger partial charge is 0.323 e. The lowest BCUT2D eigenvalue weighted by Crippen LogP contribution is -2.35. The van der Waals surface area contributed by atoms with Gasteiger partial charge in [0.05, 0.1) is 13.2 Å². The molecule has 5 nitrogen and oxygen atoms in total. The van der Waals surface area contributed by atoms with E-state index < -0.39 is 5.97 Å². The van der Waals surface area contributed by atoms with E-state index in [1.807, 2.05) is 6.07 Å². The van der Waals surface area contributed by atoms with Crippen molar-refractivity contribution < 1.29 is 19.4 Å². The average molecular weight is 261 g/mol. The lowest BCUT2D eigenvalue weighted by atomic mass is 10.1. The van der Waals surface area contributed by atoms with Crippen molar-refractivity contribution in [3.8, 4) is 0 Å². The SMILES string of the molecule is C=CCN(CC(=O)O)C(=O)c1ccc2c(c1)COC2. The molecule has 100 valence electrons. The quantitative estimate of drug-likeness (QED) is 0.814. The number of hydrogen-bond donors (Lipinski definition) is 1. The third kappa shape index (κ3) is 3.00. The maximum atomic E-state index is 12.2. The van der Waals surface area contributed by atoms with E-state index in [1.54, 1.807) is 12.1 Å². The summed E-state index contributed by atoms with van der Waals surface area (Å²) in [5.74, 6) is -1.35. The maximum Gasteiger partial charge on any atom is 0.323 e. The number of aliphatic carboxylic acids is 1. The van der Waals surface area contributed by atoms with Crippen LogP contribution < -0.4 is 0 Å². The molecule has 0 saturated heterocycles. The summed E-state index contributed by atoms with van der Waals surface area (Å²) in [5.41, 5.74) is 2.54. The second-order valence-corrected chi connectivity index (χ2v) is 4.34. The van der Waals surface area contributed by atoms with E-state index in [4.69, 9.17) is 9.84 Å². The minimum absolute atomic E-state index is 0.207. The number of rotatable bonds is 5. The molecular weight excluding hydrogens is 246 g/mol. The van der Waals surface area contributed by atoms with Gasteiger partial charge in [-0.05, 0) is 23.3 Å². The predicted octanol–water partition coefficient (Wildman–Crippen LogP) is 1.43. The molecule has 0 aliphatic carbocycles. The van der Waals surface area contributed by atoms with Gasteiger partial charge in [0.1, 0.15) is 6.54 Å². The van der Waals surface area contributed by atoms with Crippen molar-refractivity contribution in [2.24, 2.45) is 0 Å². The van der Waals surface area contributed by atoms with Crippen molar-refractivity contribution in [3.63, 3.8) is 0 Å². The fourth-order valence-corrected chi connectivity index (χ4v) is 2.03. The molecule has 1 aliphatic heterocycles.